The first-order chi connectivity index (χ1) is 14.1. The number of para-hydroxylation sites is 1. The normalized spacial score (nSPS) is 18.1. The van der Waals surface area contributed by atoms with Crippen LogP contribution in [0.5, 0.6) is 0 Å². The highest BCUT2D eigenvalue weighted by Gasteiger charge is 2.29. The molecule has 29 heavy (non-hydrogen) atoms. The molecule has 4 heteroatoms. The minimum atomic E-state index is -0.801. The summed E-state index contributed by atoms with van der Waals surface area (Å²) in [4.78, 5) is 18.0. The molecule has 2 atom stereocenters. The molecule has 144 valence electrons. The van der Waals surface area contributed by atoms with Gasteiger partial charge in [-0.3, -0.25) is 0 Å². The third-order valence-electron chi connectivity index (χ3n) is 5.23. The molecule has 1 aliphatic rings. The highest BCUT2D eigenvalue weighted by Crippen LogP contribution is 2.38. The smallest absolute Gasteiger partial charge is 0.340 e. The molecule has 4 rings (SSSR count). The first-order valence-corrected chi connectivity index (χ1v) is 9.85. The summed E-state index contributed by atoms with van der Waals surface area (Å²) >= 11 is 0. The number of esters is 1. The second-order valence-electron chi connectivity index (χ2n) is 7.60. The number of carbonyl (C=O) groups is 1. The third-order valence-corrected chi connectivity index (χ3v) is 5.23. The minimum Gasteiger partial charge on any atom is -0.444 e. The standard InChI is InChI=1S/C25H22N2O2/c1-16-12-19(14-18-8-4-3-5-9-18)24-21(13-16)23(25(28)29-17(2)15-26)20-10-6-7-11-22(20)27-24/h3-11,14,16-17H,12-13H2,1-2H3/b19-14+. The molecule has 0 bridgehead atoms. The second-order valence-corrected chi connectivity index (χ2v) is 7.60. The van der Waals surface area contributed by atoms with Crippen LogP contribution in [0.15, 0.2) is 54.6 Å². The zero-order chi connectivity index (χ0) is 20.4. The van der Waals surface area contributed by atoms with Gasteiger partial charge < -0.3 is 4.74 Å². The van der Waals surface area contributed by atoms with Gasteiger partial charge >= 0.3 is 5.97 Å². The Morgan fingerprint density at radius 2 is 1.90 bits per heavy atom. The number of hydrogen-bond acceptors (Lipinski definition) is 4. The van der Waals surface area contributed by atoms with Gasteiger partial charge in [0.15, 0.2) is 6.10 Å². The quantitative estimate of drug-likeness (QED) is 0.567. The van der Waals surface area contributed by atoms with Crippen LogP contribution in [0.25, 0.3) is 22.6 Å². The molecule has 1 aromatic heterocycles. The predicted octanol–water partition coefficient (Wildman–Crippen LogP) is 5.43. The summed E-state index contributed by atoms with van der Waals surface area (Å²) in [6.45, 7) is 3.76. The van der Waals surface area contributed by atoms with Crippen LogP contribution in [0, 0.1) is 17.2 Å². The number of allylic oxidation sites excluding steroid dienone is 1. The second kappa shape index (κ2) is 7.89. The molecule has 1 aliphatic carbocycles. The highest BCUT2D eigenvalue weighted by atomic mass is 16.5. The number of rotatable bonds is 3. The number of nitrogens with zero attached hydrogens (tertiary/aromatic N) is 2. The summed E-state index contributed by atoms with van der Waals surface area (Å²) < 4.78 is 5.40. The number of benzene rings is 2. The van der Waals surface area contributed by atoms with E-state index in [1.807, 2.05) is 48.5 Å². The van der Waals surface area contributed by atoms with Crippen LogP contribution >= 0.6 is 0 Å². The van der Waals surface area contributed by atoms with Gasteiger partial charge in [0, 0.05) is 5.39 Å². The summed E-state index contributed by atoms with van der Waals surface area (Å²) in [6.07, 6.45) is 3.01. The van der Waals surface area contributed by atoms with E-state index in [-0.39, 0.29) is 0 Å². The highest BCUT2D eigenvalue weighted by molar-refractivity contribution is 6.06. The van der Waals surface area contributed by atoms with Crippen molar-refractivity contribution in [2.24, 2.45) is 5.92 Å². The molecule has 0 radical (unpaired) electrons. The van der Waals surface area contributed by atoms with E-state index in [9.17, 15) is 4.79 Å². The van der Waals surface area contributed by atoms with Crippen molar-refractivity contribution in [2.75, 3.05) is 0 Å². The molecule has 0 amide bonds. The fraction of sp³-hybridized carbons (Fsp3) is 0.240. The van der Waals surface area contributed by atoms with E-state index in [1.165, 1.54) is 0 Å². The molecule has 2 aromatic carbocycles. The molecule has 0 aliphatic heterocycles. The number of hydrogen-bond donors (Lipinski definition) is 0. The van der Waals surface area contributed by atoms with Gasteiger partial charge in [0.2, 0.25) is 0 Å². The van der Waals surface area contributed by atoms with Gasteiger partial charge in [0.25, 0.3) is 0 Å². The van der Waals surface area contributed by atoms with Gasteiger partial charge in [-0.15, -0.1) is 0 Å². The van der Waals surface area contributed by atoms with E-state index >= 15 is 0 Å². The predicted molar refractivity (Wildman–Crippen MR) is 114 cm³/mol. The molecule has 2 unspecified atom stereocenters. The zero-order valence-corrected chi connectivity index (χ0v) is 16.6. The monoisotopic (exact) mass is 382 g/mol. The van der Waals surface area contributed by atoms with E-state index in [0.717, 1.165) is 46.1 Å². The Balaban J connectivity index is 1.94. The molecule has 1 heterocycles. The Kier molecular flexibility index (Phi) is 5.14. The van der Waals surface area contributed by atoms with E-state index in [2.05, 4.69) is 25.1 Å². The molecule has 0 spiro atoms. The molecular formula is C25H22N2O2. The van der Waals surface area contributed by atoms with Gasteiger partial charge in [0.1, 0.15) is 6.07 Å². The largest absolute Gasteiger partial charge is 0.444 e. The Bertz CT molecular complexity index is 1140. The average Bonchev–Trinajstić information content (AvgIpc) is 2.72. The topological polar surface area (TPSA) is 63.0 Å². The number of nitriles is 1. The van der Waals surface area contributed by atoms with Crippen molar-refractivity contribution >= 4 is 28.5 Å². The summed E-state index contributed by atoms with van der Waals surface area (Å²) in [5.74, 6) is -0.0811. The maximum atomic E-state index is 13.1. The zero-order valence-electron chi connectivity index (χ0n) is 16.6. The Labute approximate surface area is 170 Å². The van der Waals surface area contributed by atoms with Crippen LogP contribution in [0.4, 0.5) is 0 Å². The van der Waals surface area contributed by atoms with Crippen molar-refractivity contribution in [3.05, 3.63) is 77.0 Å². The van der Waals surface area contributed by atoms with Crippen molar-refractivity contribution in [3.63, 3.8) is 0 Å². The van der Waals surface area contributed by atoms with Crippen LogP contribution in [-0.4, -0.2) is 17.1 Å². The van der Waals surface area contributed by atoms with Crippen molar-refractivity contribution < 1.29 is 9.53 Å². The minimum absolute atomic E-state index is 0.375. The first-order valence-electron chi connectivity index (χ1n) is 9.85. The number of aromatic nitrogens is 1. The fourth-order valence-electron chi connectivity index (χ4n) is 3.97. The van der Waals surface area contributed by atoms with Crippen molar-refractivity contribution in [2.45, 2.75) is 32.8 Å². The maximum Gasteiger partial charge on any atom is 0.340 e. The average molecular weight is 382 g/mol. The van der Waals surface area contributed by atoms with Crippen LogP contribution in [0.3, 0.4) is 0 Å². The van der Waals surface area contributed by atoms with Crippen LogP contribution in [0.2, 0.25) is 0 Å². The Morgan fingerprint density at radius 1 is 1.17 bits per heavy atom. The lowest BCUT2D eigenvalue weighted by Crippen LogP contribution is -2.21. The molecule has 4 nitrogen and oxygen atoms in total. The molecule has 0 fully saturated rings. The molecule has 0 saturated heterocycles. The lowest BCUT2D eigenvalue weighted by atomic mass is 9.80. The van der Waals surface area contributed by atoms with E-state index in [1.54, 1.807) is 6.92 Å². The van der Waals surface area contributed by atoms with Gasteiger partial charge in [-0.05, 0) is 54.5 Å². The Morgan fingerprint density at radius 3 is 2.66 bits per heavy atom. The number of carbonyl (C=O) groups excluding carboxylic acids is 1. The van der Waals surface area contributed by atoms with E-state index in [4.69, 9.17) is 15.0 Å². The number of ether oxygens (including phenoxy) is 1. The molecule has 0 N–H and O–H groups in total. The Hall–Kier alpha value is -3.45. The summed E-state index contributed by atoms with van der Waals surface area (Å²) in [5.41, 5.74) is 5.31. The van der Waals surface area contributed by atoms with Gasteiger partial charge in [-0.2, -0.15) is 5.26 Å². The molecular weight excluding hydrogens is 360 g/mol. The lowest BCUT2D eigenvalue weighted by Gasteiger charge is -2.26. The van der Waals surface area contributed by atoms with Gasteiger partial charge in [0.05, 0.1) is 16.8 Å². The first kappa shape index (κ1) is 18.9. The van der Waals surface area contributed by atoms with Crippen LogP contribution < -0.4 is 0 Å². The number of pyridine rings is 1. The number of fused-ring (bicyclic) bond motifs is 2. The van der Waals surface area contributed by atoms with Crippen molar-refractivity contribution in [1.29, 1.82) is 5.26 Å². The van der Waals surface area contributed by atoms with Crippen molar-refractivity contribution in [3.8, 4) is 6.07 Å². The molecule has 3 aromatic rings. The van der Waals surface area contributed by atoms with Crippen LogP contribution in [-0.2, 0) is 11.2 Å². The SMILES string of the molecule is CC1C/C(=C\c2ccccc2)c2nc3ccccc3c(C(=O)OC(C)C#N)c2C1. The van der Waals surface area contributed by atoms with Crippen molar-refractivity contribution in [1.82, 2.24) is 4.98 Å². The molecule has 0 saturated carbocycles. The maximum absolute atomic E-state index is 13.1. The van der Waals surface area contributed by atoms with Crippen LogP contribution in [0.1, 0.15) is 47.4 Å². The summed E-state index contributed by atoms with van der Waals surface area (Å²) in [5, 5.41) is 9.85. The van der Waals surface area contributed by atoms with Gasteiger partial charge in [-0.25, -0.2) is 9.78 Å². The lowest BCUT2D eigenvalue weighted by molar-refractivity contribution is 0.0436. The van der Waals surface area contributed by atoms with Gasteiger partial charge in [-0.1, -0.05) is 55.5 Å². The van der Waals surface area contributed by atoms with E-state index < -0.39 is 12.1 Å². The fourth-order valence-corrected chi connectivity index (χ4v) is 3.97. The van der Waals surface area contributed by atoms with E-state index in [0.29, 0.717) is 11.5 Å². The third kappa shape index (κ3) is 3.77. The summed E-state index contributed by atoms with van der Waals surface area (Å²) in [6, 6.07) is 19.8. The summed E-state index contributed by atoms with van der Waals surface area (Å²) in [7, 11) is 0.